The predicted octanol–water partition coefficient (Wildman–Crippen LogP) is 4.67. The van der Waals surface area contributed by atoms with Crippen LogP contribution in [-0.2, 0) is 16.1 Å². The lowest BCUT2D eigenvalue weighted by Gasteiger charge is -2.48. The normalized spacial score (nSPS) is 25.6. The van der Waals surface area contributed by atoms with Gasteiger partial charge in [0.15, 0.2) is 0 Å². The molecular weight excluding hydrogens is 392 g/mol. The molecule has 0 amide bonds. The zero-order chi connectivity index (χ0) is 23.0. The van der Waals surface area contributed by atoms with E-state index in [0.29, 0.717) is 31.0 Å². The molecule has 5 atom stereocenters. The van der Waals surface area contributed by atoms with Gasteiger partial charge in [0.05, 0.1) is 31.8 Å². The molecule has 1 aliphatic carbocycles. The molecule has 174 valence electrons. The Balaban J connectivity index is 2.10. The van der Waals surface area contributed by atoms with Crippen LogP contribution in [0.15, 0.2) is 42.5 Å². The maximum absolute atomic E-state index is 10.8. The quantitative estimate of drug-likeness (QED) is 0.442. The van der Waals surface area contributed by atoms with Gasteiger partial charge in [-0.2, -0.15) is 0 Å². The third-order valence-electron chi connectivity index (χ3n) is 6.78. The second-order valence-electron chi connectivity index (χ2n) is 10.1. The minimum atomic E-state index is -1.06. The van der Waals surface area contributed by atoms with Gasteiger partial charge < -0.3 is 20.1 Å². The molecule has 1 fully saturated rings. The van der Waals surface area contributed by atoms with E-state index in [0.717, 1.165) is 18.4 Å². The van der Waals surface area contributed by atoms with Crippen LogP contribution >= 0.6 is 0 Å². The molecule has 0 heterocycles. The van der Waals surface area contributed by atoms with Crippen LogP contribution in [0.1, 0.15) is 58.9 Å². The Kier molecular flexibility index (Phi) is 9.73. The van der Waals surface area contributed by atoms with Gasteiger partial charge in [-0.1, -0.05) is 70.2 Å². The lowest BCUT2D eigenvalue weighted by atomic mass is 9.57. The molecule has 5 heteroatoms. The van der Waals surface area contributed by atoms with E-state index in [1.165, 1.54) is 0 Å². The van der Waals surface area contributed by atoms with Crippen LogP contribution < -0.4 is 0 Å². The van der Waals surface area contributed by atoms with E-state index in [-0.39, 0.29) is 24.2 Å². The van der Waals surface area contributed by atoms with E-state index in [2.05, 4.69) is 45.9 Å². The van der Waals surface area contributed by atoms with Crippen molar-refractivity contribution in [2.45, 2.75) is 72.2 Å². The Morgan fingerprint density at radius 1 is 1.23 bits per heavy atom. The van der Waals surface area contributed by atoms with Gasteiger partial charge in [0, 0.05) is 6.42 Å². The van der Waals surface area contributed by atoms with Gasteiger partial charge >= 0.3 is 5.97 Å². The molecule has 31 heavy (non-hydrogen) atoms. The van der Waals surface area contributed by atoms with Crippen molar-refractivity contribution in [1.29, 1.82) is 0 Å². The fourth-order valence-corrected chi connectivity index (χ4v) is 5.00. The van der Waals surface area contributed by atoms with Gasteiger partial charge in [-0.3, -0.25) is 4.79 Å². The minimum Gasteiger partial charge on any atom is -0.481 e. The van der Waals surface area contributed by atoms with Crippen LogP contribution in [0.2, 0.25) is 0 Å². The SMILES string of the molecule is CC(C)[C@@H]1CCC(C)(C)[C@H](/C=C/[C@@H](O)C[C@@H](O)CC(=O)O)[C@H]1COCc1ccccc1. The summed E-state index contributed by atoms with van der Waals surface area (Å²) in [5.41, 5.74) is 1.23. The van der Waals surface area contributed by atoms with E-state index < -0.39 is 18.2 Å². The van der Waals surface area contributed by atoms with Gasteiger partial charge in [0.2, 0.25) is 0 Å². The van der Waals surface area contributed by atoms with E-state index in [9.17, 15) is 15.0 Å². The van der Waals surface area contributed by atoms with Crippen LogP contribution in [-0.4, -0.2) is 40.1 Å². The second-order valence-corrected chi connectivity index (χ2v) is 10.1. The summed E-state index contributed by atoms with van der Waals surface area (Å²) < 4.78 is 6.18. The number of carbonyl (C=O) groups is 1. The smallest absolute Gasteiger partial charge is 0.305 e. The maximum Gasteiger partial charge on any atom is 0.305 e. The maximum atomic E-state index is 10.8. The second kappa shape index (κ2) is 11.8. The van der Waals surface area contributed by atoms with Crippen LogP contribution in [0.3, 0.4) is 0 Å². The van der Waals surface area contributed by atoms with Crippen molar-refractivity contribution >= 4 is 5.97 Å². The molecule has 1 saturated carbocycles. The molecule has 0 saturated heterocycles. The van der Waals surface area contributed by atoms with Crippen molar-refractivity contribution in [3.63, 3.8) is 0 Å². The van der Waals surface area contributed by atoms with Crippen molar-refractivity contribution in [3.05, 3.63) is 48.0 Å². The van der Waals surface area contributed by atoms with Crippen LogP contribution in [0.5, 0.6) is 0 Å². The van der Waals surface area contributed by atoms with Crippen molar-refractivity contribution in [3.8, 4) is 0 Å². The number of aliphatic carboxylic acids is 1. The topological polar surface area (TPSA) is 87.0 Å². The lowest BCUT2D eigenvalue weighted by molar-refractivity contribution is -0.139. The molecule has 0 aliphatic heterocycles. The lowest BCUT2D eigenvalue weighted by Crippen LogP contribution is -2.43. The monoisotopic (exact) mass is 432 g/mol. The first kappa shape index (κ1) is 25.6. The molecular formula is C26H40O5. The summed E-state index contributed by atoms with van der Waals surface area (Å²) in [5.74, 6) is 0.580. The molecule has 0 unspecified atom stereocenters. The number of aliphatic hydroxyl groups excluding tert-OH is 2. The van der Waals surface area contributed by atoms with Crippen LogP contribution in [0.25, 0.3) is 0 Å². The molecule has 3 N–H and O–H groups in total. The number of hydrogen-bond donors (Lipinski definition) is 3. The number of benzene rings is 1. The highest BCUT2D eigenvalue weighted by Gasteiger charge is 2.43. The first-order chi connectivity index (χ1) is 14.6. The van der Waals surface area contributed by atoms with Crippen molar-refractivity contribution in [1.82, 2.24) is 0 Å². The summed E-state index contributed by atoms with van der Waals surface area (Å²) in [7, 11) is 0. The van der Waals surface area contributed by atoms with Crippen LogP contribution in [0, 0.1) is 29.1 Å². The first-order valence-electron chi connectivity index (χ1n) is 11.5. The Morgan fingerprint density at radius 2 is 1.90 bits per heavy atom. The molecule has 1 aliphatic rings. The first-order valence-corrected chi connectivity index (χ1v) is 11.5. The van der Waals surface area contributed by atoms with E-state index >= 15 is 0 Å². The number of allylic oxidation sites excluding steroid dienone is 1. The van der Waals surface area contributed by atoms with E-state index in [4.69, 9.17) is 9.84 Å². The number of aliphatic hydroxyl groups is 2. The molecule has 0 aromatic heterocycles. The Morgan fingerprint density at radius 3 is 2.52 bits per heavy atom. The Hall–Kier alpha value is -1.69. The zero-order valence-corrected chi connectivity index (χ0v) is 19.4. The number of ether oxygens (including phenoxy) is 1. The third kappa shape index (κ3) is 8.06. The Labute approximate surface area is 187 Å². The number of hydrogen-bond acceptors (Lipinski definition) is 4. The molecule has 0 radical (unpaired) electrons. The van der Waals surface area contributed by atoms with Gasteiger partial charge in [0.1, 0.15) is 0 Å². The van der Waals surface area contributed by atoms with Crippen LogP contribution in [0.4, 0.5) is 0 Å². The van der Waals surface area contributed by atoms with Gasteiger partial charge in [0.25, 0.3) is 0 Å². The number of carboxylic acid groups (broad SMARTS) is 1. The predicted molar refractivity (Wildman–Crippen MR) is 122 cm³/mol. The average molecular weight is 433 g/mol. The highest BCUT2D eigenvalue weighted by Crippen LogP contribution is 2.49. The molecule has 2 rings (SSSR count). The fraction of sp³-hybridized carbons (Fsp3) is 0.654. The molecule has 0 bridgehead atoms. The average Bonchev–Trinajstić information content (AvgIpc) is 2.66. The van der Waals surface area contributed by atoms with Gasteiger partial charge in [-0.15, -0.1) is 0 Å². The summed E-state index contributed by atoms with van der Waals surface area (Å²) >= 11 is 0. The fourth-order valence-electron chi connectivity index (χ4n) is 5.00. The van der Waals surface area contributed by atoms with E-state index in [1.54, 1.807) is 6.08 Å². The highest BCUT2D eigenvalue weighted by atomic mass is 16.5. The number of carboxylic acids is 1. The largest absolute Gasteiger partial charge is 0.481 e. The summed E-state index contributed by atoms with van der Waals surface area (Å²) in [5, 5.41) is 29.0. The molecule has 5 nitrogen and oxygen atoms in total. The van der Waals surface area contributed by atoms with Crippen molar-refractivity contribution in [2.75, 3.05) is 6.61 Å². The molecule has 0 spiro atoms. The zero-order valence-electron chi connectivity index (χ0n) is 19.4. The molecule has 1 aromatic carbocycles. The van der Waals surface area contributed by atoms with E-state index in [1.807, 2.05) is 18.2 Å². The summed E-state index contributed by atoms with van der Waals surface area (Å²) in [6, 6.07) is 10.2. The third-order valence-corrected chi connectivity index (χ3v) is 6.78. The van der Waals surface area contributed by atoms with Gasteiger partial charge in [-0.05, 0) is 47.5 Å². The summed E-state index contributed by atoms with van der Waals surface area (Å²) in [6.07, 6.45) is 3.85. The summed E-state index contributed by atoms with van der Waals surface area (Å²) in [6.45, 7) is 10.3. The van der Waals surface area contributed by atoms with Crippen molar-refractivity contribution < 1.29 is 24.9 Å². The van der Waals surface area contributed by atoms with Crippen molar-refractivity contribution in [2.24, 2.45) is 29.1 Å². The number of rotatable bonds is 11. The molecule has 1 aromatic rings. The standard InChI is InChI=1S/C26H40O5/c1-18(2)22-12-13-26(3,4)24(11-10-20(27)14-21(28)15-25(29)30)23(22)17-31-16-19-8-6-5-7-9-19/h5-11,18,20-24,27-28H,12-17H2,1-4H3,(H,29,30)/b11-10+/t20-,21-,22+,23+,24-/m1/s1. The summed E-state index contributed by atoms with van der Waals surface area (Å²) in [4.78, 5) is 10.8. The highest BCUT2D eigenvalue weighted by molar-refractivity contribution is 5.67. The van der Waals surface area contributed by atoms with Gasteiger partial charge in [-0.25, -0.2) is 0 Å². The minimum absolute atomic E-state index is 0.0265. The Bertz CT molecular complexity index is 697.